The number of methoxy groups -OCH3 is 1. The molecule has 0 unspecified atom stereocenters. The maximum atomic E-state index is 11.7. The van der Waals surface area contributed by atoms with E-state index < -0.39 is 25.0 Å². The fraction of sp³-hybridized carbons (Fsp3) is 0.308. The molecule has 1 saturated heterocycles. The van der Waals surface area contributed by atoms with Crippen LogP contribution in [0, 0.1) is 0 Å². The first-order valence-corrected chi connectivity index (χ1v) is 6.25. The standard InChI is InChI=1S/C13H14BNO6/c1-15-7-11(16)20-14(21-12(17)8-15)10-5-3-4-9(6-10)13(18)19-2/h3-6H,7-8H2,1-2H3. The molecule has 0 amide bonds. The summed E-state index contributed by atoms with van der Waals surface area (Å²) in [6.45, 7) is -0.0232. The van der Waals surface area contributed by atoms with Crippen molar-refractivity contribution in [3.63, 3.8) is 0 Å². The van der Waals surface area contributed by atoms with Crippen LogP contribution in [0.25, 0.3) is 0 Å². The molecule has 0 saturated carbocycles. The average Bonchev–Trinajstić information content (AvgIpc) is 2.44. The summed E-state index contributed by atoms with van der Waals surface area (Å²) >= 11 is 0. The third kappa shape index (κ3) is 3.82. The lowest BCUT2D eigenvalue weighted by atomic mass is 9.78. The van der Waals surface area contributed by atoms with Crippen molar-refractivity contribution in [2.75, 3.05) is 27.2 Å². The second-order valence-electron chi connectivity index (χ2n) is 4.60. The van der Waals surface area contributed by atoms with Gasteiger partial charge in [0, 0.05) is 5.46 Å². The second-order valence-corrected chi connectivity index (χ2v) is 4.60. The lowest BCUT2D eigenvalue weighted by Crippen LogP contribution is -2.48. The quantitative estimate of drug-likeness (QED) is 0.521. The minimum atomic E-state index is -1.16. The molecule has 1 aliphatic rings. The van der Waals surface area contributed by atoms with E-state index in [9.17, 15) is 14.4 Å². The molecule has 1 aromatic carbocycles. The van der Waals surface area contributed by atoms with E-state index >= 15 is 0 Å². The molecule has 0 atom stereocenters. The molecule has 0 aromatic heterocycles. The summed E-state index contributed by atoms with van der Waals surface area (Å²) < 4.78 is 14.8. The van der Waals surface area contributed by atoms with E-state index in [0.717, 1.165) is 0 Å². The Labute approximate surface area is 121 Å². The molecule has 1 heterocycles. The number of carbonyl (C=O) groups is 3. The molecule has 1 fully saturated rings. The van der Waals surface area contributed by atoms with Crippen LogP contribution in [0.5, 0.6) is 0 Å². The summed E-state index contributed by atoms with van der Waals surface area (Å²) in [5.74, 6) is -1.56. The lowest BCUT2D eigenvalue weighted by Gasteiger charge is -2.22. The molecule has 21 heavy (non-hydrogen) atoms. The van der Waals surface area contributed by atoms with Gasteiger partial charge in [-0.1, -0.05) is 12.1 Å². The predicted molar refractivity (Wildman–Crippen MR) is 72.9 cm³/mol. The Morgan fingerprint density at radius 3 is 2.43 bits per heavy atom. The molecule has 2 rings (SSSR count). The third-order valence-electron chi connectivity index (χ3n) is 2.85. The van der Waals surface area contributed by atoms with Gasteiger partial charge in [0.05, 0.1) is 25.8 Å². The zero-order valence-electron chi connectivity index (χ0n) is 11.7. The van der Waals surface area contributed by atoms with Gasteiger partial charge in [-0.3, -0.25) is 14.5 Å². The van der Waals surface area contributed by atoms with Gasteiger partial charge in [-0.15, -0.1) is 0 Å². The molecular formula is C13H14BNO6. The summed E-state index contributed by atoms with van der Waals surface area (Å²) in [7, 11) is 1.71. The van der Waals surface area contributed by atoms with Gasteiger partial charge in [0.1, 0.15) is 0 Å². The Hall–Kier alpha value is -2.35. The van der Waals surface area contributed by atoms with Crippen LogP contribution >= 0.6 is 0 Å². The average molecular weight is 291 g/mol. The highest BCUT2D eigenvalue weighted by Crippen LogP contribution is 2.04. The van der Waals surface area contributed by atoms with Crippen molar-refractivity contribution in [2.24, 2.45) is 0 Å². The summed E-state index contributed by atoms with van der Waals surface area (Å²) in [6.07, 6.45) is 0. The van der Waals surface area contributed by atoms with Crippen molar-refractivity contribution >= 4 is 30.5 Å². The highest BCUT2D eigenvalue weighted by atomic mass is 16.6. The number of ether oxygens (including phenoxy) is 1. The smallest absolute Gasteiger partial charge is 0.494 e. The van der Waals surface area contributed by atoms with Crippen molar-refractivity contribution < 1.29 is 28.4 Å². The van der Waals surface area contributed by atoms with Crippen molar-refractivity contribution in [3.05, 3.63) is 29.8 Å². The van der Waals surface area contributed by atoms with Crippen LogP contribution in [0.2, 0.25) is 0 Å². The van der Waals surface area contributed by atoms with E-state index in [1.807, 2.05) is 0 Å². The number of likely N-dealkylation sites (N-methyl/N-ethyl adjacent to an activating group) is 1. The van der Waals surface area contributed by atoms with E-state index in [0.29, 0.717) is 5.46 Å². The highest BCUT2D eigenvalue weighted by Gasteiger charge is 2.34. The minimum absolute atomic E-state index is 0.0116. The van der Waals surface area contributed by atoms with Crippen molar-refractivity contribution in [2.45, 2.75) is 0 Å². The lowest BCUT2D eigenvalue weighted by molar-refractivity contribution is -0.145. The zero-order valence-corrected chi connectivity index (χ0v) is 11.7. The first-order chi connectivity index (χ1) is 9.99. The highest BCUT2D eigenvalue weighted by molar-refractivity contribution is 6.64. The third-order valence-corrected chi connectivity index (χ3v) is 2.85. The van der Waals surface area contributed by atoms with Crippen LogP contribution in [0.15, 0.2) is 24.3 Å². The number of carbonyl (C=O) groups excluding carboxylic acids is 3. The van der Waals surface area contributed by atoms with Crippen molar-refractivity contribution in [3.8, 4) is 0 Å². The van der Waals surface area contributed by atoms with Gasteiger partial charge in [0.25, 0.3) is 0 Å². The molecule has 0 spiro atoms. The number of rotatable bonds is 2. The van der Waals surface area contributed by atoms with Gasteiger partial charge in [0.15, 0.2) is 0 Å². The summed E-state index contributed by atoms with van der Waals surface area (Å²) in [6, 6.07) is 6.20. The largest absolute Gasteiger partial charge is 0.636 e. The van der Waals surface area contributed by atoms with E-state index in [1.54, 1.807) is 25.2 Å². The zero-order chi connectivity index (χ0) is 15.4. The predicted octanol–water partition coefficient (Wildman–Crippen LogP) is -0.800. The van der Waals surface area contributed by atoms with Gasteiger partial charge in [-0.2, -0.15) is 0 Å². The van der Waals surface area contributed by atoms with Gasteiger partial charge >= 0.3 is 25.0 Å². The number of hydrogen-bond donors (Lipinski definition) is 0. The Morgan fingerprint density at radius 1 is 1.24 bits per heavy atom. The fourth-order valence-electron chi connectivity index (χ4n) is 1.90. The SMILES string of the molecule is COC(=O)c1cccc(B2OC(=O)CN(C)CC(=O)O2)c1. The van der Waals surface area contributed by atoms with Crippen LogP contribution in [0.1, 0.15) is 10.4 Å². The van der Waals surface area contributed by atoms with E-state index in [-0.39, 0.29) is 18.7 Å². The van der Waals surface area contributed by atoms with Gasteiger partial charge in [-0.05, 0) is 19.2 Å². The van der Waals surface area contributed by atoms with E-state index in [2.05, 4.69) is 4.74 Å². The topological polar surface area (TPSA) is 82.1 Å². The van der Waals surface area contributed by atoms with Gasteiger partial charge in [0.2, 0.25) is 0 Å². The van der Waals surface area contributed by atoms with E-state index in [1.165, 1.54) is 18.1 Å². The first-order valence-electron chi connectivity index (χ1n) is 6.25. The molecule has 8 heteroatoms. The number of esters is 1. The summed E-state index contributed by atoms with van der Waals surface area (Å²) in [5, 5.41) is 0. The maximum Gasteiger partial charge on any atom is 0.636 e. The fourth-order valence-corrected chi connectivity index (χ4v) is 1.90. The van der Waals surface area contributed by atoms with Gasteiger partial charge in [-0.25, -0.2) is 4.79 Å². The molecule has 0 bridgehead atoms. The maximum absolute atomic E-state index is 11.7. The normalized spacial score (nSPS) is 16.6. The van der Waals surface area contributed by atoms with Crippen molar-refractivity contribution in [1.82, 2.24) is 4.90 Å². The van der Waals surface area contributed by atoms with Crippen LogP contribution < -0.4 is 5.46 Å². The van der Waals surface area contributed by atoms with Crippen LogP contribution in [0.3, 0.4) is 0 Å². The summed E-state index contributed by atoms with van der Waals surface area (Å²) in [5.41, 5.74) is 0.672. The Kier molecular flexibility index (Phi) is 4.59. The van der Waals surface area contributed by atoms with Gasteiger partial charge < -0.3 is 14.0 Å². The van der Waals surface area contributed by atoms with Crippen LogP contribution in [-0.4, -0.2) is 57.2 Å². The number of benzene rings is 1. The Balaban J connectivity index is 2.24. The molecule has 110 valence electrons. The van der Waals surface area contributed by atoms with Crippen LogP contribution in [0.4, 0.5) is 0 Å². The number of nitrogens with zero attached hydrogens (tertiary/aromatic N) is 1. The molecule has 1 aromatic rings. The molecule has 7 nitrogen and oxygen atoms in total. The molecule has 0 N–H and O–H groups in total. The Bertz CT molecular complexity index is 556. The number of hydrogen-bond acceptors (Lipinski definition) is 7. The van der Waals surface area contributed by atoms with E-state index in [4.69, 9.17) is 9.31 Å². The molecule has 1 aliphatic heterocycles. The molecule has 0 aliphatic carbocycles. The monoisotopic (exact) mass is 291 g/mol. The molecular weight excluding hydrogens is 277 g/mol. The minimum Gasteiger partial charge on any atom is -0.494 e. The summed E-state index contributed by atoms with van der Waals surface area (Å²) in [4.78, 5) is 36.3. The second kappa shape index (κ2) is 6.40. The first kappa shape index (κ1) is 15.1. The van der Waals surface area contributed by atoms with Crippen molar-refractivity contribution in [1.29, 1.82) is 0 Å². The molecule has 0 radical (unpaired) electrons. The Morgan fingerprint density at radius 2 is 1.86 bits per heavy atom. The van der Waals surface area contributed by atoms with Crippen LogP contribution in [-0.2, 0) is 23.6 Å².